The average molecular weight is 279 g/mol. The molecule has 0 bridgehead atoms. The SMILES string of the molecule is CC(C)CN(CCC#N)C(=O)C(Cl)c1ccccc1. The van der Waals surface area contributed by atoms with E-state index in [0.29, 0.717) is 25.4 Å². The molecule has 3 nitrogen and oxygen atoms in total. The molecule has 0 radical (unpaired) electrons. The maximum atomic E-state index is 12.4. The zero-order valence-electron chi connectivity index (χ0n) is 11.3. The van der Waals surface area contributed by atoms with Crippen LogP contribution in [0.5, 0.6) is 0 Å². The normalized spacial score (nSPS) is 11.9. The largest absolute Gasteiger partial charge is 0.340 e. The molecule has 1 amide bonds. The van der Waals surface area contributed by atoms with Crippen LogP contribution in [-0.4, -0.2) is 23.9 Å². The highest BCUT2D eigenvalue weighted by Gasteiger charge is 2.23. The Balaban J connectivity index is 2.78. The van der Waals surface area contributed by atoms with Crippen LogP contribution in [0, 0.1) is 17.2 Å². The lowest BCUT2D eigenvalue weighted by Gasteiger charge is -2.26. The standard InChI is InChI=1S/C15H19ClN2O/c1-12(2)11-18(10-6-9-17)15(19)14(16)13-7-4-3-5-8-13/h3-5,7-8,12,14H,6,10-11H2,1-2H3. The second kappa shape index (κ2) is 7.81. The van der Waals surface area contributed by atoms with Gasteiger partial charge in [-0.15, -0.1) is 11.6 Å². The van der Waals surface area contributed by atoms with Gasteiger partial charge in [0.15, 0.2) is 0 Å². The number of hydrogen-bond acceptors (Lipinski definition) is 2. The fourth-order valence-corrected chi connectivity index (χ4v) is 2.13. The fourth-order valence-electron chi connectivity index (χ4n) is 1.84. The van der Waals surface area contributed by atoms with Crippen molar-refractivity contribution in [2.75, 3.05) is 13.1 Å². The Kier molecular flexibility index (Phi) is 6.38. The zero-order chi connectivity index (χ0) is 14.3. The number of amides is 1. The van der Waals surface area contributed by atoms with Crippen molar-refractivity contribution in [1.82, 2.24) is 4.90 Å². The Bertz CT molecular complexity index is 439. The highest BCUT2D eigenvalue weighted by molar-refractivity contribution is 6.30. The molecule has 0 heterocycles. The Labute approximate surface area is 119 Å². The predicted octanol–water partition coefficient (Wildman–Crippen LogP) is 3.36. The third-order valence-corrected chi connectivity index (χ3v) is 3.14. The van der Waals surface area contributed by atoms with E-state index in [9.17, 15) is 4.79 Å². The summed E-state index contributed by atoms with van der Waals surface area (Å²) in [7, 11) is 0. The van der Waals surface area contributed by atoms with E-state index in [1.54, 1.807) is 4.90 Å². The molecule has 1 aromatic rings. The molecular formula is C15H19ClN2O. The Morgan fingerprint density at radius 1 is 1.37 bits per heavy atom. The molecule has 4 heteroatoms. The quantitative estimate of drug-likeness (QED) is 0.749. The van der Waals surface area contributed by atoms with E-state index in [2.05, 4.69) is 6.07 Å². The van der Waals surface area contributed by atoms with Gasteiger partial charge in [-0.3, -0.25) is 4.79 Å². The van der Waals surface area contributed by atoms with Crippen molar-refractivity contribution in [1.29, 1.82) is 5.26 Å². The predicted molar refractivity (Wildman–Crippen MR) is 76.7 cm³/mol. The first-order chi connectivity index (χ1) is 9.06. The maximum absolute atomic E-state index is 12.4. The van der Waals surface area contributed by atoms with E-state index in [1.165, 1.54) is 0 Å². The Hall–Kier alpha value is -1.53. The number of benzene rings is 1. The summed E-state index contributed by atoms with van der Waals surface area (Å²) in [5, 5.41) is 7.98. The lowest BCUT2D eigenvalue weighted by molar-refractivity contribution is -0.131. The molecule has 1 atom stereocenters. The fraction of sp³-hybridized carbons (Fsp3) is 0.467. The molecule has 0 fully saturated rings. The summed E-state index contributed by atoms with van der Waals surface area (Å²) in [4.78, 5) is 14.0. The van der Waals surface area contributed by atoms with Gasteiger partial charge in [0.1, 0.15) is 5.38 Å². The number of alkyl halides is 1. The second-order valence-electron chi connectivity index (χ2n) is 4.86. The van der Waals surface area contributed by atoms with Crippen molar-refractivity contribution in [3.8, 4) is 6.07 Å². The smallest absolute Gasteiger partial charge is 0.245 e. The summed E-state index contributed by atoms with van der Waals surface area (Å²) in [5.74, 6) is 0.221. The van der Waals surface area contributed by atoms with Crippen LogP contribution in [0.2, 0.25) is 0 Å². The summed E-state index contributed by atoms with van der Waals surface area (Å²) >= 11 is 6.24. The van der Waals surface area contributed by atoms with E-state index >= 15 is 0 Å². The number of rotatable bonds is 6. The molecule has 0 N–H and O–H groups in total. The van der Waals surface area contributed by atoms with Gasteiger partial charge in [-0.25, -0.2) is 0 Å². The molecule has 102 valence electrons. The molecule has 0 aliphatic rings. The van der Waals surface area contributed by atoms with Crippen molar-refractivity contribution < 1.29 is 4.79 Å². The Morgan fingerprint density at radius 2 is 2.00 bits per heavy atom. The van der Waals surface area contributed by atoms with Crippen LogP contribution in [0.25, 0.3) is 0 Å². The van der Waals surface area contributed by atoms with Crippen molar-refractivity contribution >= 4 is 17.5 Å². The minimum absolute atomic E-state index is 0.128. The number of nitriles is 1. The highest BCUT2D eigenvalue weighted by atomic mass is 35.5. The zero-order valence-corrected chi connectivity index (χ0v) is 12.1. The number of nitrogens with zero attached hydrogens (tertiary/aromatic N) is 2. The lowest BCUT2D eigenvalue weighted by Crippen LogP contribution is -2.37. The van der Waals surface area contributed by atoms with Crippen LogP contribution < -0.4 is 0 Å². The number of hydrogen-bond donors (Lipinski definition) is 0. The van der Waals surface area contributed by atoms with E-state index in [0.717, 1.165) is 5.56 Å². The molecule has 1 aromatic carbocycles. The van der Waals surface area contributed by atoms with Gasteiger partial charge in [-0.2, -0.15) is 5.26 Å². The van der Waals surface area contributed by atoms with E-state index in [1.807, 2.05) is 44.2 Å². The number of carbonyl (C=O) groups excluding carboxylic acids is 1. The summed E-state index contributed by atoms with van der Waals surface area (Å²) < 4.78 is 0. The van der Waals surface area contributed by atoms with E-state index in [-0.39, 0.29) is 5.91 Å². The first-order valence-corrected chi connectivity index (χ1v) is 6.84. The third kappa shape index (κ3) is 4.92. The first kappa shape index (κ1) is 15.5. The summed E-state index contributed by atoms with van der Waals surface area (Å²) in [6.07, 6.45) is 0.330. The van der Waals surface area contributed by atoms with E-state index in [4.69, 9.17) is 16.9 Å². The van der Waals surface area contributed by atoms with Crippen LogP contribution in [0.1, 0.15) is 31.2 Å². The van der Waals surface area contributed by atoms with Gasteiger partial charge in [0.25, 0.3) is 0 Å². The van der Waals surface area contributed by atoms with Gasteiger partial charge in [0.05, 0.1) is 12.5 Å². The van der Waals surface area contributed by atoms with E-state index < -0.39 is 5.38 Å². The maximum Gasteiger partial charge on any atom is 0.245 e. The molecule has 1 unspecified atom stereocenters. The summed E-state index contributed by atoms with van der Waals surface area (Å²) in [5.41, 5.74) is 0.792. The number of carbonyl (C=O) groups is 1. The van der Waals surface area contributed by atoms with Gasteiger partial charge < -0.3 is 4.90 Å². The van der Waals surface area contributed by atoms with Crippen molar-refractivity contribution in [3.05, 3.63) is 35.9 Å². The molecule has 19 heavy (non-hydrogen) atoms. The van der Waals surface area contributed by atoms with Crippen LogP contribution in [0.3, 0.4) is 0 Å². The van der Waals surface area contributed by atoms with Gasteiger partial charge in [0.2, 0.25) is 5.91 Å². The summed E-state index contributed by atoms with van der Waals surface area (Å²) in [6, 6.07) is 11.4. The Morgan fingerprint density at radius 3 is 2.53 bits per heavy atom. The minimum Gasteiger partial charge on any atom is -0.340 e. The summed E-state index contributed by atoms with van der Waals surface area (Å²) in [6.45, 7) is 5.14. The lowest BCUT2D eigenvalue weighted by atomic mass is 10.1. The average Bonchev–Trinajstić information content (AvgIpc) is 2.42. The van der Waals surface area contributed by atoms with Crippen LogP contribution in [0.4, 0.5) is 0 Å². The second-order valence-corrected chi connectivity index (χ2v) is 5.30. The van der Waals surface area contributed by atoms with Crippen molar-refractivity contribution in [3.63, 3.8) is 0 Å². The molecule has 1 rings (SSSR count). The van der Waals surface area contributed by atoms with Crippen molar-refractivity contribution in [2.24, 2.45) is 5.92 Å². The molecule has 0 spiro atoms. The first-order valence-electron chi connectivity index (χ1n) is 6.41. The highest BCUT2D eigenvalue weighted by Crippen LogP contribution is 2.23. The van der Waals surface area contributed by atoms with Crippen molar-refractivity contribution in [2.45, 2.75) is 25.6 Å². The van der Waals surface area contributed by atoms with Crippen LogP contribution >= 0.6 is 11.6 Å². The molecule has 0 aromatic heterocycles. The molecule has 0 saturated carbocycles. The monoisotopic (exact) mass is 278 g/mol. The molecule has 0 aliphatic heterocycles. The van der Waals surface area contributed by atoms with Gasteiger partial charge in [-0.05, 0) is 11.5 Å². The molecule has 0 saturated heterocycles. The van der Waals surface area contributed by atoms with Gasteiger partial charge >= 0.3 is 0 Å². The third-order valence-electron chi connectivity index (χ3n) is 2.70. The minimum atomic E-state index is -0.682. The van der Waals surface area contributed by atoms with Gasteiger partial charge in [0, 0.05) is 13.1 Å². The molecular weight excluding hydrogens is 260 g/mol. The van der Waals surface area contributed by atoms with Crippen LogP contribution in [-0.2, 0) is 4.79 Å². The molecule has 0 aliphatic carbocycles. The van der Waals surface area contributed by atoms with Gasteiger partial charge in [-0.1, -0.05) is 44.2 Å². The number of halogens is 1. The van der Waals surface area contributed by atoms with Crippen LogP contribution in [0.15, 0.2) is 30.3 Å². The topological polar surface area (TPSA) is 44.1 Å².